The first-order valence-corrected chi connectivity index (χ1v) is 10.8. The SMILES string of the molecule is CCCCSc1nc2n(n1)C(c1ccc(Br)o1)C(C(=O)OCCC)=C(C)N2. The minimum absolute atomic E-state index is 0.368. The highest BCUT2D eigenvalue weighted by Gasteiger charge is 2.37. The molecule has 0 radical (unpaired) electrons. The van der Waals surface area contributed by atoms with E-state index in [1.165, 1.54) is 0 Å². The van der Waals surface area contributed by atoms with Crippen LogP contribution in [0.3, 0.4) is 0 Å². The van der Waals surface area contributed by atoms with Gasteiger partial charge in [0.1, 0.15) is 11.8 Å². The van der Waals surface area contributed by atoms with Gasteiger partial charge in [0.15, 0.2) is 4.67 Å². The summed E-state index contributed by atoms with van der Waals surface area (Å²) in [7, 11) is 0. The van der Waals surface area contributed by atoms with Gasteiger partial charge in [0.25, 0.3) is 0 Å². The van der Waals surface area contributed by atoms with E-state index in [0.29, 0.717) is 39.4 Å². The fourth-order valence-corrected chi connectivity index (χ4v) is 4.01. The summed E-state index contributed by atoms with van der Waals surface area (Å²) in [6.07, 6.45) is 2.98. The zero-order valence-corrected chi connectivity index (χ0v) is 18.0. The van der Waals surface area contributed by atoms with E-state index >= 15 is 0 Å². The number of carbonyl (C=O) groups is 1. The van der Waals surface area contributed by atoms with Crippen LogP contribution in [0.2, 0.25) is 0 Å². The Bertz CT molecular complexity index is 846. The van der Waals surface area contributed by atoms with Crippen molar-refractivity contribution >= 4 is 39.6 Å². The molecule has 1 atom stereocenters. The number of anilines is 1. The van der Waals surface area contributed by atoms with Crippen LogP contribution in [0.1, 0.15) is 51.8 Å². The average molecular weight is 455 g/mol. The molecule has 0 saturated carbocycles. The normalized spacial score (nSPS) is 16.2. The van der Waals surface area contributed by atoms with Crippen LogP contribution in [0.5, 0.6) is 0 Å². The molecule has 1 aliphatic heterocycles. The third-order valence-electron chi connectivity index (χ3n) is 4.08. The quantitative estimate of drug-likeness (QED) is 0.349. The summed E-state index contributed by atoms with van der Waals surface area (Å²) in [5, 5.41) is 8.49. The first kappa shape index (κ1) is 20.0. The van der Waals surface area contributed by atoms with Gasteiger partial charge in [-0.1, -0.05) is 32.0 Å². The number of nitrogens with one attached hydrogen (secondary N) is 1. The van der Waals surface area contributed by atoms with Crippen molar-refractivity contribution in [2.75, 3.05) is 17.7 Å². The number of rotatable bonds is 8. The van der Waals surface area contributed by atoms with Gasteiger partial charge in [-0.2, -0.15) is 4.98 Å². The van der Waals surface area contributed by atoms with Gasteiger partial charge in [0, 0.05) is 11.4 Å². The Morgan fingerprint density at radius 1 is 1.41 bits per heavy atom. The number of esters is 1. The lowest BCUT2D eigenvalue weighted by Crippen LogP contribution is -2.29. The van der Waals surface area contributed by atoms with Crippen LogP contribution < -0.4 is 5.32 Å². The number of ether oxygens (including phenoxy) is 1. The van der Waals surface area contributed by atoms with Gasteiger partial charge < -0.3 is 14.5 Å². The number of furan rings is 1. The van der Waals surface area contributed by atoms with Crippen molar-refractivity contribution in [2.24, 2.45) is 0 Å². The molecule has 3 heterocycles. The Balaban J connectivity index is 1.98. The molecule has 0 aliphatic carbocycles. The van der Waals surface area contributed by atoms with E-state index in [1.54, 1.807) is 22.5 Å². The van der Waals surface area contributed by atoms with Crippen molar-refractivity contribution in [3.63, 3.8) is 0 Å². The summed E-state index contributed by atoms with van der Waals surface area (Å²) in [6, 6.07) is 3.11. The van der Waals surface area contributed by atoms with E-state index in [9.17, 15) is 4.79 Å². The van der Waals surface area contributed by atoms with E-state index < -0.39 is 6.04 Å². The lowest BCUT2D eigenvalue weighted by Gasteiger charge is -2.26. The third kappa shape index (κ3) is 4.40. The van der Waals surface area contributed by atoms with Gasteiger partial charge in [-0.15, -0.1) is 5.10 Å². The second-order valence-electron chi connectivity index (χ2n) is 6.21. The second kappa shape index (κ2) is 8.97. The smallest absolute Gasteiger partial charge is 0.338 e. The van der Waals surface area contributed by atoms with Crippen LogP contribution in [-0.4, -0.2) is 33.1 Å². The van der Waals surface area contributed by atoms with Crippen molar-refractivity contribution in [3.8, 4) is 0 Å². The van der Waals surface area contributed by atoms with Crippen LogP contribution >= 0.6 is 27.7 Å². The summed E-state index contributed by atoms with van der Waals surface area (Å²) in [6.45, 7) is 6.33. The van der Waals surface area contributed by atoms with E-state index in [0.717, 1.165) is 25.0 Å². The molecule has 2 aromatic heterocycles. The summed E-state index contributed by atoms with van der Waals surface area (Å²) in [5.41, 5.74) is 1.17. The number of nitrogens with zero attached hydrogens (tertiary/aromatic N) is 3. The highest BCUT2D eigenvalue weighted by Crippen LogP contribution is 2.38. The van der Waals surface area contributed by atoms with Crippen molar-refractivity contribution in [1.82, 2.24) is 14.8 Å². The van der Waals surface area contributed by atoms with Crippen molar-refractivity contribution < 1.29 is 13.9 Å². The zero-order chi connectivity index (χ0) is 19.4. The summed E-state index contributed by atoms with van der Waals surface area (Å²) in [4.78, 5) is 17.3. The predicted octanol–water partition coefficient (Wildman–Crippen LogP) is 4.77. The Hall–Kier alpha value is -1.74. The average Bonchev–Trinajstić information content (AvgIpc) is 3.24. The highest BCUT2D eigenvalue weighted by atomic mass is 79.9. The number of unbranched alkanes of at least 4 members (excludes halogenated alkanes) is 1. The molecular weight excluding hydrogens is 432 g/mol. The molecule has 0 saturated heterocycles. The highest BCUT2D eigenvalue weighted by molar-refractivity contribution is 9.10. The second-order valence-corrected chi connectivity index (χ2v) is 8.05. The number of hydrogen-bond donors (Lipinski definition) is 1. The molecule has 2 aromatic rings. The molecule has 27 heavy (non-hydrogen) atoms. The number of allylic oxidation sites excluding steroid dienone is 1. The number of aromatic nitrogens is 3. The van der Waals surface area contributed by atoms with E-state index in [4.69, 9.17) is 9.15 Å². The Morgan fingerprint density at radius 2 is 2.22 bits per heavy atom. The standard InChI is InChI=1S/C18H23BrN4O3S/c1-4-6-10-27-18-21-17-20-11(3)14(16(24)25-9-5-2)15(23(17)22-18)12-7-8-13(19)26-12/h7-8,15H,4-6,9-10H2,1-3H3,(H,20,21,22). The molecule has 1 N–H and O–H groups in total. The maximum atomic E-state index is 12.7. The van der Waals surface area contributed by atoms with Crippen LogP contribution in [0, 0.1) is 0 Å². The maximum Gasteiger partial charge on any atom is 0.338 e. The summed E-state index contributed by atoms with van der Waals surface area (Å²) < 4.78 is 13.5. The van der Waals surface area contributed by atoms with Gasteiger partial charge in [0.05, 0.1) is 12.2 Å². The molecule has 0 fully saturated rings. The summed E-state index contributed by atoms with van der Waals surface area (Å²) in [5.74, 6) is 1.77. The number of fused-ring (bicyclic) bond motifs is 1. The molecule has 7 nitrogen and oxygen atoms in total. The minimum atomic E-state index is -0.523. The lowest BCUT2D eigenvalue weighted by atomic mass is 10.0. The third-order valence-corrected chi connectivity index (χ3v) is 5.43. The van der Waals surface area contributed by atoms with Gasteiger partial charge >= 0.3 is 5.97 Å². The molecule has 0 spiro atoms. The summed E-state index contributed by atoms with van der Waals surface area (Å²) >= 11 is 4.94. The molecule has 1 aliphatic rings. The van der Waals surface area contributed by atoms with Crippen molar-refractivity contribution in [3.05, 3.63) is 33.8 Å². The fourth-order valence-electron chi connectivity index (χ4n) is 2.78. The van der Waals surface area contributed by atoms with Crippen molar-refractivity contribution in [1.29, 1.82) is 0 Å². The van der Waals surface area contributed by atoms with Crippen LogP contribution in [-0.2, 0) is 9.53 Å². The number of thioether (sulfide) groups is 1. The Morgan fingerprint density at radius 3 is 2.89 bits per heavy atom. The minimum Gasteiger partial charge on any atom is -0.462 e. The molecule has 0 aromatic carbocycles. The van der Waals surface area contributed by atoms with Gasteiger partial charge in [0.2, 0.25) is 11.1 Å². The molecule has 3 rings (SSSR count). The largest absolute Gasteiger partial charge is 0.462 e. The molecule has 0 amide bonds. The van der Waals surface area contributed by atoms with Gasteiger partial charge in [-0.3, -0.25) is 0 Å². The fraction of sp³-hybridized carbons (Fsp3) is 0.500. The van der Waals surface area contributed by atoms with Gasteiger partial charge in [-0.05, 0) is 47.8 Å². The van der Waals surface area contributed by atoms with Crippen LogP contribution in [0.15, 0.2) is 37.6 Å². The Labute approximate surface area is 171 Å². The maximum absolute atomic E-state index is 12.7. The van der Waals surface area contributed by atoms with E-state index in [-0.39, 0.29) is 5.97 Å². The monoisotopic (exact) mass is 454 g/mol. The molecule has 1 unspecified atom stereocenters. The zero-order valence-electron chi connectivity index (χ0n) is 15.6. The van der Waals surface area contributed by atoms with Gasteiger partial charge in [-0.25, -0.2) is 9.48 Å². The van der Waals surface area contributed by atoms with E-state index in [1.807, 2.05) is 19.9 Å². The van der Waals surface area contributed by atoms with Crippen LogP contribution in [0.25, 0.3) is 0 Å². The topological polar surface area (TPSA) is 82.2 Å². The van der Waals surface area contributed by atoms with Crippen molar-refractivity contribution in [2.45, 2.75) is 51.2 Å². The lowest BCUT2D eigenvalue weighted by molar-refractivity contribution is -0.139. The van der Waals surface area contributed by atoms with Crippen LogP contribution in [0.4, 0.5) is 5.95 Å². The van der Waals surface area contributed by atoms with E-state index in [2.05, 4.69) is 38.3 Å². The molecule has 0 bridgehead atoms. The number of hydrogen-bond acceptors (Lipinski definition) is 7. The number of halogens is 1. The first-order chi connectivity index (χ1) is 13.0. The predicted molar refractivity (Wildman–Crippen MR) is 108 cm³/mol. The molecule has 9 heteroatoms. The first-order valence-electron chi connectivity index (χ1n) is 9.04. The molecular formula is C18H23BrN4O3S. The Kier molecular flexibility index (Phi) is 6.64. The molecule has 146 valence electrons. The number of carbonyl (C=O) groups excluding carboxylic acids is 1.